The van der Waals surface area contributed by atoms with Crippen LogP contribution < -0.4 is 0 Å². The molecule has 0 amide bonds. The Morgan fingerprint density at radius 2 is 2.25 bits per heavy atom. The minimum atomic E-state index is -0.976. The van der Waals surface area contributed by atoms with E-state index < -0.39 is 16.8 Å². The van der Waals surface area contributed by atoms with Crippen molar-refractivity contribution in [1.29, 1.82) is 0 Å². The van der Waals surface area contributed by atoms with Crippen LogP contribution >= 0.6 is 11.3 Å². The number of nitrogens with zero attached hydrogens (tertiary/aromatic N) is 2. The molecule has 1 fully saturated rings. The van der Waals surface area contributed by atoms with Gasteiger partial charge in [0.25, 0.3) is 0 Å². The van der Waals surface area contributed by atoms with E-state index in [0.29, 0.717) is 18.1 Å². The molecular formula is C9H12N2O3S2. The number of aromatic nitrogens is 1. The summed E-state index contributed by atoms with van der Waals surface area (Å²) in [6, 6.07) is 0. The Labute approximate surface area is 99.6 Å². The third-order valence-corrected chi connectivity index (χ3v) is 4.55. The summed E-state index contributed by atoms with van der Waals surface area (Å²) in [7, 11) is -0.675. The fraction of sp³-hybridized carbons (Fsp3) is 0.556. The van der Waals surface area contributed by atoms with Crippen LogP contribution in [0.5, 0.6) is 0 Å². The van der Waals surface area contributed by atoms with Crippen LogP contribution in [0.15, 0.2) is 5.38 Å². The average molecular weight is 260 g/mol. The molecule has 0 unspecified atom stereocenters. The van der Waals surface area contributed by atoms with E-state index in [1.807, 2.05) is 0 Å². The first-order valence-corrected chi connectivity index (χ1v) is 7.27. The summed E-state index contributed by atoms with van der Waals surface area (Å²) in [5.41, 5.74) is 0.787. The highest BCUT2D eigenvalue weighted by Crippen LogP contribution is 2.12. The fourth-order valence-electron chi connectivity index (χ4n) is 1.54. The molecule has 1 N–H and O–H groups in total. The van der Waals surface area contributed by atoms with Gasteiger partial charge in [-0.25, -0.2) is 9.78 Å². The minimum Gasteiger partial charge on any atom is -0.476 e. The number of aromatic carboxylic acids is 1. The smallest absolute Gasteiger partial charge is 0.365 e. The third-order valence-electron chi connectivity index (χ3n) is 2.39. The molecule has 0 bridgehead atoms. The Kier molecular flexibility index (Phi) is 3.67. The number of hydrogen-bond donors (Lipinski definition) is 1. The highest BCUT2D eigenvalue weighted by molar-refractivity contribution is 7.85. The lowest BCUT2D eigenvalue weighted by Gasteiger charge is -2.24. The Balaban J connectivity index is 1.93. The molecule has 0 aromatic carbocycles. The monoisotopic (exact) mass is 260 g/mol. The second-order valence-corrected chi connectivity index (χ2v) is 6.13. The lowest BCUT2D eigenvalue weighted by molar-refractivity contribution is 0.0696. The average Bonchev–Trinajstić information content (AvgIpc) is 2.70. The molecule has 0 radical (unpaired) electrons. The van der Waals surface area contributed by atoms with Crippen LogP contribution in [0.25, 0.3) is 0 Å². The van der Waals surface area contributed by atoms with Gasteiger partial charge in [0.05, 0.1) is 5.69 Å². The van der Waals surface area contributed by atoms with Gasteiger partial charge in [-0.05, 0) is 0 Å². The number of thiazole rings is 1. The zero-order chi connectivity index (χ0) is 11.5. The van der Waals surface area contributed by atoms with E-state index in [0.717, 1.165) is 30.1 Å². The summed E-state index contributed by atoms with van der Waals surface area (Å²) < 4.78 is 11.1. The first-order chi connectivity index (χ1) is 7.65. The maximum Gasteiger partial charge on any atom is 0.365 e. The van der Waals surface area contributed by atoms with Crippen molar-refractivity contribution in [3.63, 3.8) is 0 Å². The number of carboxylic acid groups (broad SMARTS) is 1. The predicted molar refractivity (Wildman–Crippen MR) is 62.2 cm³/mol. The van der Waals surface area contributed by atoms with E-state index in [1.165, 1.54) is 0 Å². The number of carboxylic acids is 1. The van der Waals surface area contributed by atoms with Crippen LogP contribution in [0.4, 0.5) is 0 Å². The summed E-state index contributed by atoms with van der Waals surface area (Å²) >= 11 is 1.15. The summed E-state index contributed by atoms with van der Waals surface area (Å²) in [6.07, 6.45) is 0. The van der Waals surface area contributed by atoms with Gasteiger partial charge in [0, 0.05) is 47.3 Å². The van der Waals surface area contributed by atoms with Crippen molar-refractivity contribution in [3.05, 3.63) is 16.1 Å². The van der Waals surface area contributed by atoms with Crippen molar-refractivity contribution in [2.75, 3.05) is 24.6 Å². The number of rotatable bonds is 3. The maximum absolute atomic E-state index is 11.1. The van der Waals surface area contributed by atoms with Gasteiger partial charge in [-0.2, -0.15) is 0 Å². The normalized spacial score (nSPS) is 18.8. The topological polar surface area (TPSA) is 70.5 Å². The van der Waals surface area contributed by atoms with Gasteiger partial charge in [0.15, 0.2) is 0 Å². The van der Waals surface area contributed by atoms with Crippen molar-refractivity contribution in [2.24, 2.45) is 0 Å². The lowest BCUT2D eigenvalue weighted by Crippen LogP contribution is -2.37. The van der Waals surface area contributed by atoms with Crippen LogP contribution in [0.1, 0.15) is 15.5 Å². The number of carbonyl (C=O) groups is 1. The zero-order valence-corrected chi connectivity index (χ0v) is 10.2. The van der Waals surface area contributed by atoms with E-state index in [1.54, 1.807) is 5.38 Å². The summed E-state index contributed by atoms with van der Waals surface area (Å²) in [4.78, 5) is 16.8. The van der Waals surface area contributed by atoms with E-state index in [4.69, 9.17) is 5.11 Å². The van der Waals surface area contributed by atoms with Crippen molar-refractivity contribution in [1.82, 2.24) is 9.88 Å². The first kappa shape index (κ1) is 11.7. The van der Waals surface area contributed by atoms with Gasteiger partial charge in [-0.15, -0.1) is 11.3 Å². The van der Waals surface area contributed by atoms with Gasteiger partial charge in [0.2, 0.25) is 5.01 Å². The molecule has 0 spiro atoms. The molecule has 1 aromatic heterocycles. The summed E-state index contributed by atoms with van der Waals surface area (Å²) in [5, 5.41) is 10.6. The van der Waals surface area contributed by atoms with Crippen molar-refractivity contribution >= 4 is 28.1 Å². The van der Waals surface area contributed by atoms with Crippen molar-refractivity contribution in [2.45, 2.75) is 6.54 Å². The van der Waals surface area contributed by atoms with Crippen LogP contribution in [0.2, 0.25) is 0 Å². The first-order valence-electron chi connectivity index (χ1n) is 4.90. The van der Waals surface area contributed by atoms with E-state index in [2.05, 4.69) is 9.88 Å². The minimum absolute atomic E-state index is 0.135. The van der Waals surface area contributed by atoms with Gasteiger partial charge in [0.1, 0.15) is 0 Å². The lowest BCUT2D eigenvalue weighted by atomic mass is 10.4. The molecule has 1 aliphatic heterocycles. The van der Waals surface area contributed by atoms with Gasteiger partial charge in [-0.3, -0.25) is 9.11 Å². The third kappa shape index (κ3) is 2.87. The molecular weight excluding hydrogens is 248 g/mol. The van der Waals surface area contributed by atoms with Crippen LogP contribution in [0, 0.1) is 0 Å². The predicted octanol–water partition coefficient (Wildman–Crippen LogP) is 0.406. The Hall–Kier alpha value is -0.790. The fourth-order valence-corrected chi connectivity index (χ4v) is 3.31. The van der Waals surface area contributed by atoms with Gasteiger partial charge in [-0.1, -0.05) is 0 Å². The molecule has 16 heavy (non-hydrogen) atoms. The quantitative estimate of drug-likeness (QED) is 0.852. The summed E-state index contributed by atoms with van der Waals surface area (Å²) in [5.74, 6) is 0.433. The highest BCUT2D eigenvalue weighted by atomic mass is 32.2. The van der Waals surface area contributed by atoms with Crippen molar-refractivity contribution in [3.8, 4) is 0 Å². The van der Waals surface area contributed by atoms with E-state index >= 15 is 0 Å². The molecule has 1 aromatic rings. The second-order valence-electron chi connectivity index (χ2n) is 3.57. The SMILES string of the molecule is O=C(O)c1nc(CN2CCS(=O)CC2)cs1. The molecule has 2 heterocycles. The van der Waals surface area contributed by atoms with Gasteiger partial charge >= 0.3 is 5.97 Å². The Bertz CT molecular complexity index is 409. The molecule has 1 saturated heterocycles. The molecule has 1 aliphatic rings. The second kappa shape index (κ2) is 5.03. The molecule has 0 saturated carbocycles. The molecule has 0 aliphatic carbocycles. The Morgan fingerprint density at radius 1 is 1.56 bits per heavy atom. The van der Waals surface area contributed by atoms with E-state index in [9.17, 15) is 9.00 Å². The Morgan fingerprint density at radius 3 is 2.81 bits per heavy atom. The summed E-state index contributed by atoms with van der Waals surface area (Å²) in [6.45, 7) is 2.25. The standard InChI is InChI=1S/C9H12N2O3S2/c12-9(13)8-10-7(6-15-8)5-11-1-3-16(14)4-2-11/h6H,1-5H2,(H,12,13). The van der Waals surface area contributed by atoms with Gasteiger partial charge < -0.3 is 5.11 Å². The molecule has 2 rings (SSSR count). The van der Waals surface area contributed by atoms with E-state index in [-0.39, 0.29) is 5.01 Å². The zero-order valence-electron chi connectivity index (χ0n) is 8.59. The highest BCUT2D eigenvalue weighted by Gasteiger charge is 2.17. The molecule has 7 heteroatoms. The van der Waals surface area contributed by atoms with Crippen molar-refractivity contribution < 1.29 is 14.1 Å². The number of hydrogen-bond acceptors (Lipinski definition) is 5. The van der Waals surface area contributed by atoms with Crippen LogP contribution in [-0.2, 0) is 17.3 Å². The van der Waals surface area contributed by atoms with Crippen LogP contribution in [-0.4, -0.2) is 49.8 Å². The molecule has 88 valence electrons. The maximum atomic E-state index is 11.1. The largest absolute Gasteiger partial charge is 0.476 e. The molecule has 0 atom stereocenters. The molecule has 5 nitrogen and oxygen atoms in total. The van der Waals surface area contributed by atoms with Crippen LogP contribution in [0.3, 0.4) is 0 Å².